The van der Waals surface area contributed by atoms with Crippen LogP contribution in [0.2, 0.25) is 0 Å². The van der Waals surface area contributed by atoms with Crippen molar-refractivity contribution >= 4 is 10.0 Å². The van der Waals surface area contributed by atoms with Crippen molar-refractivity contribution < 1.29 is 17.9 Å². The number of hydrogen-bond donors (Lipinski definition) is 0. The molecule has 1 aliphatic heterocycles. The van der Waals surface area contributed by atoms with E-state index in [0.717, 1.165) is 5.56 Å². The van der Waals surface area contributed by atoms with Crippen LogP contribution in [0.15, 0.2) is 41.4 Å². The van der Waals surface area contributed by atoms with Crippen molar-refractivity contribution in [1.29, 1.82) is 5.26 Å². The molecule has 0 bridgehead atoms. The zero-order chi connectivity index (χ0) is 19.4. The van der Waals surface area contributed by atoms with Gasteiger partial charge in [-0.05, 0) is 50.1 Å². The van der Waals surface area contributed by atoms with Gasteiger partial charge in [-0.2, -0.15) is 9.57 Å². The molecule has 1 unspecified atom stereocenters. The number of nitriles is 1. The molecule has 7 nitrogen and oxygen atoms in total. The molecule has 0 amide bonds. The summed E-state index contributed by atoms with van der Waals surface area (Å²) < 4.78 is 38.5. The average Bonchev–Trinajstić information content (AvgIpc) is 3.13. The van der Waals surface area contributed by atoms with E-state index in [0.29, 0.717) is 36.8 Å². The molecule has 27 heavy (non-hydrogen) atoms. The quantitative estimate of drug-likeness (QED) is 0.756. The summed E-state index contributed by atoms with van der Waals surface area (Å²) in [6.45, 7) is 4.85. The largest absolute Gasteiger partial charge is 0.494 e. The number of sulfonamides is 1. The molecule has 2 aromatic rings. The predicted molar refractivity (Wildman–Crippen MR) is 99.1 cm³/mol. The lowest BCUT2D eigenvalue weighted by atomic mass is 10.2. The standard InChI is InChI=1S/C19H21N3O4S/c1-3-25-18-5-4-17(10-14(18)2)27(23,24)22-9-7-16(13-22)26-19-11-15(12-20)6-8-21-19/h4-6,8,10-11,16H,3,7,9,13H2,1-2H3. The van der Waals surface area contributed by atoms with Crippen LogP contribution >= 0.6 is 0 Å². The highest BCUT2D eigenvalue weighted by Gasteiger charge is 2.34. The summed E-state index contributed by atoms with van der Waals surface area (Å²) in [5.41, 5.74) is 1.23. The van der Waals surface area contributed by atoms with E-state index < -0.39 is 10.0 Å². The van der Waals surface area contributed by atoms with Gasteiger partial charge < -0.3 is 9.47 Å². The lowest BCUT2D eigenvalue weighted by molar-refractivity contribution is 0.207. The van der Waals surface area contributed by atoms with Crippen LogP contribution in [0.3, 0.4) is 0 Å². The van der Waals surface area contributed by atoms with Crippen LogP contribution in [0.4, 0.5) is 0 Å². The minimum absolute atomic E-state index is 0.243. The first kappa shape index (κ1) is 19.1. The maximum atomic E-state index is 12.9. The third-order valence-electron chi connectivity index (χ3n) is 4.34. The van der Waals surface area contributed by atoms with Crippen molar-refractivity contribution in [3.8, 4) is 17.7 Å². The normalized spacial score (nSPS) is 17.4. The third kappa shape index (κ3) is 4.21. The second-order valence-corrected chi connectivity index (χ2v) is 8.18. The number of aryl methyl sites for hydroxylation is 1. The van der Waals surface area contributed by atoms with Gasteiger partial charge in [-0.25, -0.2) is 13.4 Å². The van der Waals surface area contributed by atoms with Gasteiger partial charge >= 0.3 is 0 Å². The van der Waals surface area contributed by atoms with Crippen molar-refractivity contribution in [2.24, 2.45) is 0 Å². The number of pyridine rings is 1. The van der Waals surface area contributed by atoms with E-state index in [9.17, 15) is 8.42 Å². The number of ether oxygens (including phenoxy) is 2. The maximum Gasteiger partial charge on any atom is 0.243 e. The Morgan fingerprint density at radius 1 is 1.33 bits per heavy atom. The number of nitrogens with zero attached hydrogens (tertiary/aromatic N) is 3. The fraction of sp³-hybridized carbons (Fsp3) is 0.368. The predicted octanol–water partition coefficient (Wildman–Crippen LogP) is 2.50. The molecule has 2 heterocycles. The molecule has 0 saturated carbocycles. The minimum Gasteiger partial charge on any atom is -0.494 e. The van der Waals surface area contributed by atoms with Gasteiger partial charge in [-0.1, -0.05) is 0 Å². The molecule has 1 saturated heterocycles. The van der Waals surface area contributed by atoms with Gasteiger partial charge in [0.15, 0.2) is 0 Å². The number of rotatable bonds is 6. The second-order valence-electron chi connectivity index (χ2n) is 6.25. The fourth-order valence-electron chi connectivity index (χ4n) is 2.98. The fourth-order valence-corrected chi connectivity index (χ4v) is 4.55. The first-order valence-electron chi connectivity index (χ1n) is 8.70. The van der Waals surface area contributed by atoms with Crippen LogP contribution < -0.4 is 9.47 Å². The highest BCUT2D eigenvalue weighted by molar-refractivity contribution is 7.89. The van der Waals surface area contributed by atoms with E-state index in [1.165, 1.54) is 10.5 Å². The van der Waals surface area contributed by atoms with E-state index in [-0.39, 0.29) is 17.5 Å². The van der Waals surface area contributed by atoms with E-state index in [1.54, 1.807) is 30.3 Å². The van der Waals surface area contributed by atoms with Gasteiger partial charge in [0.25, 0.3) is 0 Å². The molecule has 1 aromatic heterocycles. The molecule has 1 aliphatic rings. The highest BCUT2D eigenvalue weighted by atomic mass is 32.2. The molecule has 1 atom stereocenters. The Bertz CT molecular complexity index is 969. The Morgan fingerprint density at radius 2 is 2.15 bits per heavy atom. The zero-order valence-electron chi connectivity index (χ0n) is 15.3. The van der Waals surface area contributed by atoms with Crippen molar-refractivity contribution in [2.75, 3.05) is 19.7 Å². The molecule has 142 valence electrons. The Hall–Kier alpha value is -2.63. The Labute approximate surface area is 159 Å². The van der Waals surface area contributed by atoms with Gasteiger partial charge in [0.05, 0.1) is 29.7 Å². The van der Waals surface area contributed by atoms with Crippen molar-refractivity contribution in [3.63, 3.8) is 0 Å². The summed E-state index contributed by atoms with van der Waals surface area (Å²) in [7, 11) is -3.61. The topological polar surface area (TPSA) is 92.5 Å². The van der Waals surface area contributed by atoms with Gasteiger partial charge in [0.2, 0.25) is 15.9 Å². The molecule has 8 heteroatoms. The summed E-state index contributed by atoms with van der Waals surface area (Å²) in [5, 5.41) is 8.94. The first-order chi connectivity index (χ1) is 12.9. The highest BCUT2D eigenvalue weighted by Crippen LogP contribution is 2.27. The Kier molecular flexibility index (Phi) is 5.63. The lowest BCUT2D eigenvalue weighted by Crippen LogP contribution is -2.31. The van der Waals surface area contributed by atoms with Crippen LogP contribution in [-0.4, -0.2) is 43.5 Å². The molecular formula is C19H21N3O4S. The monoisotopic (exact) mass is 387 g/mol. The summed E-state index contributed by atoms with van der Waals surface area (Å²) >= 11 is 0. The lowest BCUT2D eigenvalue weighted by Gasteiger charge is -2.18. The van der Waals surface area contributed by atoms with Gasteiger partial charge in [-0.3, -0.25) is 0 Å². The number of aromatic nitrogens is 1. The van der Waals surface area contributed by atoms with Gasteiger partial charge in [0, 0.05) is 18.8 Å². The van der Waals surface area contributed by atoms with Crippen LogP contribution in [0.5, 0.6) is 11.6 Å². The Balaban J connectivity index is 1.71. The molecule has 0 aliphatic carbocycles. The number of benzene rings is 1. The zero-order valence-corrected chi connectivity index (χ0v) is 16.1. The summed E-state index contributed by atoms with van der Waals surface area (Å²) in [5.74, 6) is 1.01. The van der Waals surface area contributed by atoms with E-state index in [1.807, 2.05) is 19.9 Å². The van der Waals surface area contributed by atoms with Crippen LogP contribution in [0, 0.1) is 18.3 Å². The van der Waals surface area contributed by atoms with Crippen molar-refractivity contribution in [3.05, 3.63) is 47.7 Å². The smallest absolute Gasteiger partial charge is 0.243 e. The van der Waals surface area contributed by atoms with Crippen LogP contribution in [0.25, 0.3) is 0 Å². The summed E-state index contributed by atoms with van der Waals surface area (Å²) in [4.78, 5) is 4.32. The first-order valence-corrected chi connectivity index (χ1v) is 10.1. The molecule has 0 spiro atoms. The minimum atomic E-state index is -3.61. The molecule has 0 radical (unpaired) electrons. The van der Waals surface area contributed by atoms with E-state index >= 15 is 0 Å². The second kappa shape index (κ2) is 7.94. The van der Waals surface area contributed by atoms with E-state index in [4.69, 9.17) is 14.7 Å². The molecule has 1 fully saturated rings. The van der Waals surface area contributed by atoms with Gasteiger partial charge in [0.1, 0.15) is 11.9 Å². The molecule has 0 N–H and O–H groups in total. The maximum absolute atomic E-state index is 12.9. The third-order valence-corrected chi connectivity index (χ3v) is 6.20. The summed E-state index contributed by atoms with van der Waals surface area (Å²) in [6, 6.07) is 10.1. The SMILES string of the molecule is CCOc1ccc(S(=O)(=O)N2CCC(Oc3cc(C#N)ccn3)C2)cc1C. The Morgan fingerprint density at radius 3 is 2.85 bits per heavy atom. The van der Waals surface area contributed by atoms with Crippen molar-refractivity contribution in [1.82, 2.24) is 9.29 Å². The van der Waals surface area contributed by atoms with Crippen LogP contribution in [-0.2, 0) is 10.0 Å². The summed E-state index contributed by atoms with van der Waals surface area (Å²) in [6.07, 6.45) is 1.76. The van der Waals surface area contributed by atoms with E-state index in [2.05, 4.69) is 4.98 Å². The van der Waals surface area contributed by atoms with Crippen molar-refractivity contribution in [2.45, 2.75) is 31.3 Å². The number of hydrogen-bond acceptors (Lipinski definition) is 6. The molecular weight excluding hydrogens is 366 g/mol. The molecule has 3 rings (SSSR count). The average molecular weight is 387 g/mol. The van der Waals surface area contributed by atoms with Gasteiger partial charge in [-0.15, -0.1) is 0 Å². The molecule has 1 aromatic carbocycles. The van der Waals surface area contributed by atoms with Crippen LogP contribution in [0.1, 0.15) is 24.5 Å².